The van der Waals surface area contributed by atoms with Crippen LogP contribution >= 0.6 is 11.6 Å². The standard InChI is InChI=1S/C18H25ClN2O3/c1-2-24-18(23)15-6-4-10-21(12-15)13-17(22)20-9-8-14-5-3-7-16(19)11-14/h3,5,7,11,15H,2,4,6,8-10,12-13H2,1H3,(H,20,22)/p+1/t15-/m0/s1. The van der Waals surface area contributed by atoms with Gasteiger partial charge < -0.3 is 15.0 Å². The maximum absolute atomic E-state index is 12.1. The first kappa shape index (κ1) is 18.7. The average Bonchev–Trinajstić information content (AvgIpc) is 2.55. The van der Waals surface area contributed by atoms with Crippen LogP contribution in [0.25, 0.3) is 0 Å². The Labute approximate surface area is 148 Å². The lowest BCUT2D eigenvalue weighted by Crippen LogP contribution is -3.14. The van der Waals surface area contributed by atoms with Gasteiger partial charge in [0.15, 0.2) is 6.54 Å². The Bertz CT molecular complexity index is 565. The molecule has 1 aromatic rings. The van der Waals surface area contributed by atoms with E-state index in [0.29, 0.717) is 31.3 Å². The minimum absolute atomic E-state index is 0.0246. The maximum Gasteiger partial charge on any atom is 0.314 e. The van der Waals surface area contributed by atoms with Gasteiger partial charge in [-0.3, -0.25) is 9.59 Å². The summed E-state index contributed by atoms with van der Waals surface area (Å²) in [5.41, 5.74) is 1.11. The summed E-state index contributed by atoms with van der Waals surface area (Å²) in [6.45, 7) is 4.84. The molecule has 1 aromatic carbocycles. The first-order valence-corrected chi connectivity index (χ1v) is 8.97. The fraction of sp³-hybridized carbons (Fsp3) is 0.556. The number of hydrogen-bond acceptors (Lipinski definition) is 3. The molecule has 1 aliphatic heterocycles. The molecular formula is C18H26ClN2O3+. The number of carbonyl (C=O) groups is 2. The molecular weight excluding hydrogens is 328 g/mol. The van der Waals surface area contributed by atoms with Crippen LogP contribution in [0.3, 0.4) is 0 Å². The molecule has 132 valence electrons. The Morgan fingerprint density at radius 1 is 1.42 bits per heavy atom. The van der Waals surface area contributed by atoms with Crippen LogP contribution in [0.1, 0.15) is 25.3 Å². The third-order valence-corrected chi connectivity index (χ3v) is 4.51. The van der Waals surface area contributed by atoms with Crippen LogP contribution in [0.2, 0.25) is 5.02 Å². The fourth-order valence-corrected chi connectivity index (χ4v) is 3.31. The van der Waals surface area contributed by atoms with Crippen molar-refractivity contribution < 1.29 is 19.2 Å². The molecule has 0 aromatic heterocycles. The minimum atomic E-state index is -0.129. The molecule has 2 atom stereocenters. The first-order chi connectivity index (χ1) is 11.6. The quantitative estimate of drug-likeness (QED) is 0.715. The zero-order chi connectivity index (χ0) is 17.4. The second kappa shape index (κ2) is 9.64. The number of ether oxygens (including phenoxy) is 1. The molecule has 0 radical (unpaired) electrons. The van der Waals surface area contributed by atoms with Crippen LogP contribution < -0.4 is 10.2 Å². The zero-order valence-electron chi connectivity index (χ0n) is 14.1. The fourth-order valence-electron chi connectivity index (χ4n) is 3.10. The van der Waals surface area contributed by atoms with Crippen molar-refractivity contribution in [1.29, 1.82) is 0 Å². The van der Waals surface area contributed by atoms with E-state index < -0.39 is 0 Å². The second-order valence-electron chi connectivity index (χ2n) is 6.20. The monoisotopic (exact) mass is 353 g/mol. The van der Waals surface area contributed by atoms with Gasteiger partial charge in [-0.2, -0.15) is 0 Å². The van der Waals surface area contributed by atoms with Crippen molar-refractivity contribution in [1.82, 2.24) is 5.32 Å². The van der Waals surface area contributed by atoms with E-state index in [2.05, 4.69) is 5.32 Å². The molecule has 24 heavy (non-hydrogen) atoms. The summed E-state index contributed by atoms with van der Waals surface area (Å²) >= 11 is 5.95. The van der Waals surface area contributed by atoms with Gasteiger partial charge in [-0.15, -0.1) is 0 Å². The van der Waals surface area contributed by atoms with Gasteiger partial charge in [-0.1, -0.05) is 23.7 Å². The van der Waals surface area contributed by atoms with Crippen molar-refractivity contribution in [3.8, 4) is 0 Å². The summed E-state index contributed by atoms with van der Waals surface area (Å²) in [6.07, 6.45) is 2.57. The summed E-state index contributed by atoms with van der Waals surface area (Å²) in [6, 6.07) is 7.65. The van der Waals surface area contributed by atoms with Gasteiger partial charge in [0.25, 0.3) is 5.91 Å². The Morgan fingerprint density at radius 3 is 3.00 bits per heavy atom. The molecule has 0 spiro atoms. The zero-order valence-corrected chi connectivity index (χ0v) is 14.9. The predicted molar refractivity (Wildman–Crippen MR) is 93.1 cm³/mol. The highest BCUT2D eigenvalue weighted by atomic mass is 35.5. The summed E-state index contributed by atoms with van der Waals surface area (Å²) in [4.78, 5) is 25.1. The smallest absolute Gasteiger partial charge is 0.314 e. The van der Waals surface area contributed by atoms with Crippen molar-refractivity contribution in [3.05, 3.63) is 34.9 Å². The van der Waals surface area contributed by atoms with Gasteiger partial charge in [-0.25, -0.2) is 0 Å². The van der Waals surface area contributed by atoms with E-state index in [1.807, 2.05) is 31.2 Å². The van der Waals surface area contributed by atoms with Crippen molar-refractivity contribution in [2.24, 2.45) is 5.92 Å². The van der Waals surface area contributed by atoms with Gasteiger partial charge in [0.05, 0.1) is 19.7 Å². The van der Waals surface area contributed by atoms with Gasteiger partial charge in [0, 0.05) is 11.6 Å². The molecule has 0 saturated carbocycles. The minimum Gasteiger partial charge on any atom is -0.466 e. The summed E-state index contributed by atoms with van der Waals surface area (Å²) < 4.78 is 5.09. The van der Waals surface area contributed by atoms with E-state index >= 15 is 0 Å². The van der Waals surface area contributed by atoms with Crippen molar-refractivity contribution in [2.45, 2.75) is 26.2 Å². The highest BCUT2D eigenvalue weighted by Gasteiger charge is 2.30. The number of halogens is 1. The normalized spacial score (nSPS) is 20.4. The van der Waals surface area contributed by atoms with Crippen LogP contribution in [0.5, 0.6) is 0 Å². The molecule has 0 bridgehead atoms. The highest BCUT2D eigenvalue weighted by molar-refractivity contribution is 6.30. The highest BCUT2D eigenvalue weighted by Crippen LogP contribution is 2.11. The number of carbonyl (C=O) groups excluding carboxylic acids is 2. The Balaban J connectivity index is 1.70. The lowest BCUT2D eigenvalue weighted by molar-refractivity contribution is -0.899. The second-order valence-corrected chi connectivity index (χ2v) is 6.64. The van der Waals surface area contributed by atoms with Crippen LogP contribution in [-0.2, 0) is 20.7 Å². The molecule has 2 N–H and O–H groups in total. The van der Waals surface area contributed by atoms with Crippen molar-refractivity contribution >= 4 is 23.5 Å². The number of amides is 1. The van der Waals surface area contributed by atoms with E-state index in [4.69, 9.17) is 16.3 Å². The molecule has 1 heterocycles. The molecule has 1 unspecified atom stereocenters. The topological polar surface area (TPSA) is 59.8 Å². The van der Waals surface area contributed by atoms with Crippen LogP contribution in [0.15, 0.2) is 24.3 Å². The number of esters is 1. The largest absolute Gasteiger partial charge is 0.466 e. The molecule has 1 saturated heterocycles. The number of rotatable bonds is 7. The molecule has 1 aliphatic rings. The summed E-state index contributed by atoms with van der Waals surface area (Å²) in [5, 5.41) is 3.66. The SMILES string of the molecule is CCOC(=O)[C@H]1CCC[NH+](CC(=O)NCCc2cccc(Cl)c2)C1. The number of piperidine rings is 1. The van der Waals surface area contributed by atoms with E-state index in [1.54, 1.807) is 0 Å². The number of hydrogen-bond donors (Lipinski definition) is 2. The average molecular weight is 354 g/mol. The molecule has 0 aliphatic carbocycles. The summed E-state index contributed by atoms with van der Waals surface area (Å²) in [5.74, 6) is -0.180. The Morgan fingerprint density at radius 2 is 2.25 bits per heavy atom. The van der Waals surface area contributed by atoms with Gasteiger partial charge >= 0.3 is 5.97 Å². The van der Waals surface area contributed by atoms with Gasteiger partial charge in [-0.05, 0) is 43.9 Å². The molecule has 1 amide bonds. The maximum atomic E-state index is 12.1. The number of quaternary nitrogens is 1. The lowest BCUT2D eigenvalue weighted by atomic mass is 9.98. The van der Waals surface area contributed by atoms with Gasteiger partial charge in [0.1, 0.15) is 5.92 Å². The lowest BCUT2D eigenvalue weighted by Gasteiger charge is -2.28. The molecule has 1 fully saturated rings. The predicted octanol–water partition coefficient (Wildman–Crippen LogP) is 0.857. The molecule has 2 rings (SSSR count). The van der Waals surface area contributed by atoms with Crippen molar-refractivity contribution in [3.63, 3.8) is 0 Å². The number of nitrogens with one attached hydrogen (secondary N) is 2. The first-order valence-electron chi connectivity index (χ1n) is 8.59. The third kappa shape index (κ3) is 6.13. The molecule has 6 heteroatoms. The van der Waals surface area contributed by atoms with Gasteiger partial charge in [0.2, 0.25) is 0 Å². The van der Waals surface area contributed by atoms with Crippen LogP contribution in [0, 0.1) is 5.92 Å². The van der Waals surface area contributed by atoms with E-state index in [1.165, 1.54) is 0 Å². The summed E-state index contributed by atoms with van der Waals surface area (Å²) in [7, 11) is 0. The third-order valence-electron chi connectivity index (χ3n) is 4.27. The Kier molecular flexibility index (Phi) is 7.53. The van der Waals surface area contributed by atoms with E-state index in [-0.39, 0.29) is 17.8 Å². The van der Waals surface area contributed by atoms with E-state index in [0.717, 1.165) is 36.3 Å². The van der Waals surface area contributed by atoms with Crippen LogP contribution in [0.4, 0.5) is 0 Å². The Hall–Kier alpha value is -1.59. The number of benzene rings is 1. The van der Waals surface area contributed by atoms with Crippen molar-refractivity contribution in [2.75, 3.05) is 32.8 Å². The van der Waals surface area contributed by atoms with E-state index in [9.17, 15) is 9.59 Å². The number of likely N-dealkylation sites (tertiary alicyclic amines) is 1. The molecule has 5 nitrogen and oxygen atoms in total. The van der Waals surface area contributed by atoms with Crippen LogP contribution in [-0.4, -0.2) is 44.7 Å².